The van der Waals surface area contributed by atoms with E-state index in [0.717, 1.165) is 23.1 Å². The van der Waals surface area contributed by atoms with E-state index in [1.54, 1.807) is 11.3 Å². The molecule has 0 saturated heterocycles. The number of rotatable bonds is 4. The molecular formula is C18H15Cl3N4OS2. The lowest BCUT2D eigenvalue weighted by Crippen LogP contribution is -2.14. The number of anilines is 2. The van der Waals surface area contributed by atoms with Crippen LogP contribution in [0, 0.1) is 0 Å². The minimum Gasteiger partial charge on any atom is -0.383 e. The fraction of sp³-hybridized carbons (Fsp3) is 0.278. The molecule has 1 aliphatic rings. The van der Waals surface area contributed by atoms with Gasteiger partial charge >= 0.3 is 0 Å². The number of carbonyl (C=O) groups excluding carboxylic acids is 1. The molecule has 146 valence electrons. The van der Waals surface area contributed by atoms with Gasteiger partial charge < -0.3 is 11.1 Å². The van der Waals surface area contributed by atoms with Crippen LogP contribution in [0.15, 0.2) is 17.3 Å². The molecule has 1 amide bonds. The molecule has 5 nitrogen and oxygen atoms in total. The smallest absolute Gasteiger partial charge is 0.234 e. The quantitative estimate of drug-likeness (QED) is 0.282. The van der Waals surface area contributed by atoms with Gasteiger partial charge in [0.15, 0.2) is 5.16 Å². The largest absolute Gasteiger partial charge is 0.383 e. The number of nitrogens with one attached hydrogen (secondary N) is 1. The Labute approximate surface area is 185 Å². The second-order valence-corrected chi connectivity index (χ2v) is 9.61. The second kappa shape index (κ2) is 8.24. The Morgan fingerprint density at radius 1 is 1.14 bits per heavy atom. The minimum absolute atomic E-state index is 0.118. The van der Waals surface area contributed by atoms with E-state index in [2.05, 4.69) is 15.3 Å². The lowest BCUT2D eigenvalue weighted by Gasteiger charge is -2.11. The van der Waals surface area contributed by atoms with Crippen molar-refractivity contribution in [1.29, 1.82) is 0 Å². The molecule has 0 unspecified atom stereocenters. The molecule has 0 saturated carbocycles. The Morgan fingerprint density at radius 2 is 1.89 bits per heavy atom. The van der Waals surface area contributed by atoms with Crippen LogP contribution in [0.1, 0.15) is 23.3 Å². The number of hydrogen-bond donors (Lipinski definition) is 2. The van der Waals surface area contributed by atoms with E-state index in [1.807, 2.05) is 0 Å². The molecule has 0 spiro atoms. The summed E-state index contributed by atoms with van der Waals surface area (Å²) in [5, 5.41) is 5.15. The number of thiophene rings is 1. The third-order valence-electron chi connectivity index (χ3n) is 4.44. The highest BCUT2D eigenvalue weighted by Crippen LogP contribution is 2.38. The highest BCUT2D eigenvalue weighted by atomic mass is 35.5. The molecule has 0 bridgehead atoms. The maximum Gasteiger partial charge on any atom is 0.234 e. The van der Waals surface area contributed by atoms with Crippen molar-refractivity contribution >= 4 is 85.5 Å². The van der Waals surface area contributed by atoms with Crippen LogP contribution in [-0.2, 0) is 17.6 Å². The standard InChI is InChI=1S/C18H15Cl3N4OS2/c19-9-5-11(21)12(6-10(9)20)23-14(26)7-27-18-24-16(22)15-8-3-1-2-4-13(8)28-17(15)25-18/h5-6H,1-4,7H2,(H,23,26)(H2,22,24,25). The first-order chi connectivity index (χ1) is 13.4. The second-order valence-electron chi connectivity index (χ2n) is 6.37. The highest BCUT2D eigenvalue weighted by Gasteiger charge is 2.20. The van der Waals surface area contributed by atoms with Crippen LogP contribution < -0.4 is 11.1 Å². The molecule has 4 rings (SSSR count). The number of halogens is 3. The van der Waals surface area contributed by atoms with E-state index in [1.165, 1.54) is 47.2 Å². The first-order valence-electron chi connectivity index (χ1n) is 8.57. The van der Waals surface area contributed by atoms with Gasteiger partial charge in [-0.3, -0.25) is 4.79 Å². The molecular weight excluding hydrogens is 459 g/mol. The van der Waals surface area contributed by atoms with Gasteiger partial charge in [-0.15, -0.1) is 11.3 Å². The number of fused-ring (bicyclic) bond motifs is 3. The lowest BCUT2D eigenvalue weighted by atomic mass is 9.97. The summed E-state index contributed by atoms with van der Waals surface area (Å²) < 4.78 is 0. The van der Waals surface area contributed by atoms with Gasteiger partial charge in [0.05, 0.1) is 31.9 Å². The summed E-state index contributed by atoms with van der Waals surface area (Å²) in [6.07, 6.45) is 4.48. The van der Waals surface area contributed by atoms with Crippen molar-refractivity contribution in [3.05, 3.63) is 37.6 Å². The van der Waals surface area contributed by atoms with E-state index in [9.17, 15) is 4.79 Å². The van der Waals surface area contributed by atoms with Crippen molar-refractivity contribution in [2.75, 3.05) is 16.8 Å². The molecule has 2 aromatic heterocycles. The first-order valence-corrected chi connectivity index (χ1v) is 11.5. The number of hydrogen-bond acceptors (Lipinski definition) is 6. The molecule has 10 heteroatoms. The number of nitrogen functional groups attached to an aromatic ring is 1. The van der Waals surface area contributed by atoms with Gasteiger partial charge in [-0.1, -0.05) is 46.6 Å². The predicted octanol–water partition coefficient (Wildman–Crippen LogP) is 5.84. The maximum atomic E-state index is 12.3. The number of nitrogens with zero attached hydrogens (tertiary/aromatic N) is 2. The molecule has 0 radical (unpaired) electrons. The number of aryl methyl sites for hydroxylation is 2. The Morgan fingerprint density at radius 3 is 2.71 bits per heavy atom. The van der Waals surface area contributed by atoms with Crippen LogP contribution in [0.2, 0.25) is 15.1 Å². The molecule has 1 aliphatic carbocycles. The number of carbonyl (C=O) groups is 1. The summed E-state index contributed by atoms with van der Waals surface area (Å²) in [4.78, 5) is 23.6. The van der Waals surface area contributed by atoms with Gasteiger partial charge in [0.2, 0.25) is 5.91 Å². The van der Waals surface area contributed by atoms with Crippen molar-refractivity contribution in [3.8, 4) is 0 Å². The van der Waals surface area contributed by atoms with E-state index >= 15 is 0 Å². The minimum atomic E-state index is -0.252. The van der Waals surface area contributed by atoms with Gasteiger partial charge in [0.25, 0.3) is 0 Å². The Kier molecular flexibility index (Phi) is 5.90. The third kappa shape index (κ3) is 4.04. The van der Waals surface area contributed by atoms with Crippen molar-refractivity contribution in [3.63, 3.8) is 0 Å². The SMILES string of the molecule is Nc1nc(SCC(=O)Nc2cc(Cl)c(Cl)cc2Cl)nc2sc3c(c12)CCCC3. The number of amides is 1. The maximum absolute atomic E-state index is 12.3. The zero-order valence-corrected chi connectivity index (χ0v) is 18.4. The zero-order valence-electron chi connectivity index (χ0n) is 14.5. The van der Waals surface area contributed by atoms with Crippen LogP contribution in [0.3, 0.4) is 0 Å². The van der Waals surface area contributed by atoms with Gasteiger partial charge in [-0.2, -0.15) is 0 Å². The Balaban J connectivity index is 1.48. The normalized spacial score (nSPS) is 13.5. The molecule has 1 aromatic carbocycles. The molecule has 2 heterocycles. The zero-order chi connectivity index (χ0) is 19.8. The summed E-state index contributed by atoms with van der Waals surface area (Å²) in [6.45, 7) is 0. The number of nitrogens with two attached hydrogens (primary N) is 1. The van der Waals surface area contributed by atoms with Gasteiger partial charge in [-0.25, -0.2) is 9.97 Å². The average Bonchev–Trinajstić information content (AvgIpc) is 3.03. The van der Waals surface area contributed by atoms with Crippen molar-refractivity contribution in [2.45, 2.75) is 30.8 Å². The summed E-state index contributed by atoms with van der Waals surface area (Å²) in [5.74, 6) is 0.352. The van der Waals surface area contributed by atoms with Crippen LogP contribution in [-0.4, -0.2) is 21.6 Å². The van der Waals surface area contributed by atoms with Crippen LogP contribution in [0.4, 0.5) is 11.5 Å². The Bertz CT molecular complexity index is 1090. The van der Waals surface area contributed by atoms with Crippen molar-refractivity contribution < 1.29 is 4.79 Å². The predicted molar refractivity (Wildman–Crippen MR) is 119 cm³/mol. The lowest BCUT2D eigenvalue weighted by molar-refractivity contribution is -0.113. The highest BCUT2D eigenvalue weighted by molar-refractivity contribution is 7.99. The monoisotopic (exact) mass is 472 g/mol. The fourth-order valence-electron chi connectivity index (χ4n) is 3.16. The van der Waals surface area contributed by atoms with Gasteiger partial charge in [0.1, 0.15) is 10.6 Å². The summed E-state index contributed by atoms with van der Waals surface area (Å²) in [5.41, 5.74) is 7.91. The molecule has 28 heavy (non-hydrogen) atoms. The fourth-order valence-corrected chi connectivity index (χ4v) is 5.74. The van der Waals surface area contributed by atoms with E-state index in [-0.39, 0.29) is 11.7 Å². The van der Waals surface area contributed by atoms with Crippen LogP contribution in [0.5, 0.6) is 0 Å². The topological polar surface area (TPSA) is 80.9 Å². The molecule has 0 aliphatic heterocycles. The van der Waals surface area contributed by atoms with E-state index < -0.39 is 0 Å². The summed E-state index contributed by atoms with van der Waals surface area (Å²) in [6, 6.07) is 3.01. The molecule has 3 N–H and O–H groups in total. The summed E-state index contributed by atoms with van der Waals surface area (Å²) in [7, 11) is 0. The van der Waals surface area contributed by atoms with Crippen molar-refractivity contribution in [2.24, 2.45) is 0 Å². The molecule has 0 atom stereocenters. The summed E-state index contributed by atoms with van der Waals surface area (Å²) >= 11 is 20.9. The van der Waals surface area contributed by atoms with E-state index in [0.29, 0.717) is 31.7 Å². The van der Waals surface area contributed by atoms with E-state index in [4.69, 9.17) is 40.5 Å². The molecule has 3 aromatic rings. The van der Waals surface area contributed by atoms with Crippen LogP contribution >= 0.6 is 57.9 Å². The number of aromatic nitrogens is 2. The average molecular weight is 474 g/mol. The van der Waals surface area contributed by atoms with Gasteiger partial charge in [0, 0.05) is 4.88 Å². The van der Waals surface area contributed by atoms with Gasteiger partial charge in [-0.05, 0) is 43.4 Å². The van der Waals surface area contributed by atoms with Crippen LogP contribution in [0.25, 0.3) is 10.2 Å². The number of thioether (sulfide) groups is 1. The molecule has 0 fully saturated rings. The Hall–Kier alpha value is -1.25. The number of benzene rings is 1. The van der Waals surface area contributed by atoms with Crippen molar-refractivity contribution in [1.82, 2.24) is 9.97 Å². The first kappa shape index (κ1) is 20.0. The third-order valence-corrected chi connectivity index (χ3v) is 7.51.